The number of hydrogen-bond donors (Lipinski definition) is 0. The van der Waals surface area contributed by atoms with Gasteiger partial charge in [0.15, 0.2) is 10.8 Å². The van der Waals surface area contributed by atoms with Crippen LogP contribution < -0.4 is 0 Å². The van der Waals surface area contributed by atoms with E-state index in [1.807, 2.05) is 17.0 Å². The molecule has 2 aromatic heterocycles. The molecule has 0 bridgehead atoms. The second-order valence-electron chi connectivity index (χ2n) is 6.22. The smallest absolute Gasteiger partial charge is 0.251 e. The van der Waals surface area contributed by atoms with Crippen LogP contribution in [0, 0.1) is 0 Å². The van der Waals surface area contributed by atoms with Gasteiger partial charge in [0.1, 0.15) is 6.10 Å². The van der Waals surface area contributed by atoms with Crippen LogP contribution in [0.15, 0.2) is 28.2 Å². The van der Waals surface area contributed by atoms with Gasteiger partial charge in [0.2, 0.25) is 0 Å². The molecular formula is C17H21N3O3S. The van der Waals surface area contributed by atoms with E-state index in [-0.39, 0.29) is 12.0 Å². The van der Waals surface area contributed by atoms with Crippen molar-refractivity contribution < 1.29 is 13.9 Å². The highest BCUT2D eigenvalue weighted by atomic mass is 32.1. The molecule has 4 rings (SSSR count). The number of furan rings is 1. The first-order chi connectivity index (χ1) is 11.8. The minimum atomic E-state index is -0.203. The zero-order valence-corrected chi connectivity index (χ0v) is 14.3. The minimum absolute atomic E-state index is 0.168. The Morgan fingerprint density at radius 2 is 2.21 bits per heavy atom. The molecule has 0 spiro atoms. The van der Waals surface area contributed by atoms with Crippen LogP contribution in [0.2, 0.25) is 0 Å². The van der Waals surface area contributed by atoms with Crippen LogP contribution in [-0.4, -0.2) is 59.6 Å². The summed E-state index contributed by atoms with van der Waals surface area (Å²) in [5.74, 6) is 0.985. The summed E-state index contributed by atoms with van der Waals surface area (Å²) >= 11 is 1.61. The van der Waals surface area contributed by atoms with E-state index in [9.17, 15) is 4.79 Å². The zero-order chi connectivity index (χ0) is 16.4. The van der Waals surface area contributed by atoms with E-state index in [2.05, 4.69) is 15.3 Å². The maximum absolute atomic E-state index is 12.4. The molecule has 1 atom stereocenters. The zero-order valence-electron chi connectivity index (χ0n) is 13.5. The highest BCUT2D eigenvalue weighted by Crippen LogP contribution is 2.24. The van der Waals surface area contributed by atoms with Crippen molar-refractivity contribution in [1.82, 2.24) is 14.8 Å². The van der Waals surface area contributed by atoms with Crippen LogP contribution in [0.5, 0.6) is 0 Å². The molecule has 2 aliphatic rings. The van der Waals surface area contributed by atoms with Crippen molar-refractivity contribution in [3.63, 3.8) is 0 Å². The Balaban J connectivity index is 1.29. The van der Waals surface area contributed by atoms with Crippen molar-refractivity contribution in [3.05, 3.63) is 29.5 Å². The number of thiazole rings is 1. The summed E-state index contributed by atoms with van der Waals surface area (Å²) in [5, 5.41) is 3.00. The van der Waals surface area contributed by atoms with Crippen LogP contribution >= 0.6 is 11.3 Å². The molecule has 2 aliphatic heterocycles. The molecule has 7 heteroatoms. The number of ether oxygens (including phenoxy) is 1. The maximum Gasteiger partial charge on any atom is 0.251 e. The summed E-state index contributed by atoms with van der Waals surface area (Å²) in [6.07, 6.45) is 3.33. The summed E-state index contributed by atoms with van der Waals surface area (Å²) in [6, 6.07) is 3.80. The lowest BCUT2D eigenvalue weighted by Gasteiger charge is -2.35. The van der Waals surface area contributed by atoms with Gasteiger partial charge in [0.25, 0.3) is 5.91 Å². The summed E-state index contributed by atoms with van der Waals surface area (Å²) in [5.41, 5.74) is 1.06. The fourth-order valence-electron chi connectivity index (χ4n) is 3.22. The molecule has 24 heavy (non-hydrogen) atoms. The highest BCUT2D eigenvalue weighted by molar-refractivity contribution is 7.13. The minimum Gasteiger partial charge on any atom is -0.462 e. The highest BCUT2D eigenvalue weighted by Gasteiger charge is 2.30. The Kier molecular flexibility index (Phi) is 4.64. The molecule has 2 aromatic rings. The van der Waals surface area contributed by atoms with Crippen LogP contribution in [0.3, 0.4) is 0 Å². The quantitative estimate of drug-likeness (QED) is 0.849. The third kappa shape index (κ3) is 3.38. The lowest BCUT2D eigenvalue weighted by molar-refractivity contribution is -0.142. The topological polar surface area (TPSA) is 58.8 Å². The summed E-state index contributed by atoms with van der Waals surface area (Å²) in [7, 11) is 0. The summed E-state index contributed by atoms with van der Waals surface area (Å²) in [4.78, 5) is 21.3. The van der Waals surface area contributed by atoms with Gasteiger partial charge in [-0.05, 0) is 25.0 Å². The Bertz CT molecular complexity index is 671. The van der Waals surface area contributed by atoms with Crippen LogP contribution in [0.25, 0.3) is 10.8 Å². The number of nitrogens with zero attached hydrogens (tertiary/aromatic N) is 3. The van der Waals surface area contributed by atoms with Gasteiger partial charge < -0.3 is 14.1 Å². The first-order valence-electron chi connectivity index (χ1n) is 8.40. The Morgan fingerprint density at radius 3 is 2.92 bits per heavy atom. The van der Waals surface area contributed by atoms with Crippen LogP contribution in [-0.2, 0) is 16.1 Å². The van der Waals surface area contributed by atoms with Gasteiger partial charge in [-0.15, -0.1) is 11.3 Å². The first kappa shape index (κ1) is 15.8. The molecular weight excluding hydrogens is 326 g/mol. The van der Waals surface area contributed by atoms with Crippen LogP contribution in [0.1, 0.15) is 18.5 Å². The van der Waals surface area contributed by atoms with Gasteiger partial charge in [-0.3, -0.25) is 9.69 Å². The largest absolute Gasteiger partial charge is 0.462 e. The number of carbonyl (C=O) groups is 1. The van der Waals surface area contributed by atoms with Gasteiger partial charge >= 0.3 is 0 Å². The van der Waals surface area contributed by atoms with Crippen molar-refractivity contribution >= 4 is 17.2 Å². The van der Waals surface area contributed by atoms with Crippen molar-refractivity contribution in [1.29, 1.82) is 0 Å². The number of hydrogen-bond acceptors (Lipinski definition) is 6. The van der Waals surface area contributed by atoms with Crippen molar-refractivity contribution in [3.8, 4) is 10.8 Å². The van der Waals surface area contributed by atoms with Gasteiger partial charge in [0, 0.05) is 44.7 Å². The van der Waals surface area contributed by atoms with E-state index < -0.39 is 0 Å². The molecule has 1 unspecified atom stereocenters. The van der Waals surface area contributed by atoms with E-state index in [1.165, 1.54) is 0 Å². The summed E-state index contributed by atoms with van der Waals surface area (Å²) < 4.78 is 10.9. The van der Waals surface area contributed by atoms with E-state index in [1.54, 1.807) is 17.6 Å². The fraction of sp³-hybridized carbons (Fsp3) is 0.529. The Labute approximate surface area is 145 Å². The van der Waals surface area contributed by atoms with Crippen molar-refractivity contribution in [2.24, 2.45) is 0 Å². The van der Waals surface area contributed by atoms with E-state index in [4.69, 9.17) is 9.15 Å². The van der Waals surface area contributed by atoms with Crippen molar-refractivity contribution in [2.75, 3.05) is 32.8 Å². The normalized spacial score (nSPS) is 22.2. The van der Waals surface area contributed by atoms with Gasteiger partial charge in [-0.2, -0.15) is 0 Å². The monoisotopic (exact) mass is 347 g/mol. The molecule has 2 fully saturated rings. The standard InChI is InChI=1S/C17H21N3O3S/c21-17(15-4-2-10-23-15)20-7-5-19(6-8-20)11-13-12-24-16(18-13)14-3-1-9-22-14/h1,3,9,12,15H,2,4-8,10-11H2. The first-order valence-corrected chi connectivity index (χ1v) is 9.28. The Morgan fingerprint density at radius 1 is 1.33 bits per heavy atom. The average molecular weight is 347 g/mol. The lowest BCUT2D eigenvalue weighted by Crippen LogP contribution is -2.51. The molecule has 0 aromatic carbocycles. The molecule has 0 radical (unpaired) electrons. The number of rotatable bonds is 4. The molecule has 0 N–H and O–H groups in total. The number of carbonyl (C=O) groups excluding carboxylic acids is 1. The molecule has 4 heterocycles. The third-order valence-electron chi connectivity index (χ3n) is 4.56. The summed E-state index contributed by atoms with van der Waals surface area (Å²) in [6.45, 7) is 4.84. The molecule has 2 saturated heterocycles. The Hall–Kier alpha value is -1.70. The SMILES string of the molecule is O=C(C1CCCO1)N1CCN(Cc2csc(-c3ccco3)n2)CC1. The van der Waals surface area contributed by atoms with E-state index in [0.29, 0.717) is 0 Å². The maximum atomic E-state index is 12.4. The average Bonchev–Trinajstić information content (AvgIpc) is 3.36. The molecule has 1 amide bonds. The van der Waals surface area contributed by atoms with Gasteiger partial charge in [0.05, 0.1) is 12.0 Å². The third-order valence-corrected chi connectivity index (χ3v) is 5.46. The van der Waals surface area contributed by atoms with Crippen LogP contribution in [0.4, 0.5) is 0 Å². The predicted octanol–water partition coefficient (Wildman–Crippen LogP) is 2.23. The van der Waals surface area contributed by atoms with Gasteiger partial charge in [-0.1, -0.05) is 0 Å². The van der Waals surface area contributed by atoms with E-state index in [0.717, 1.165) is 68.6 Å². The second-order valence-corrected chi connectivity index (χ2v) is 7.08. The molecule has 128 valence electrons. The van der Waals surface area contributed by atoms with E-state index >= 15 is 0 Å². The number of piperazine rings is 1. The van der Waals surface area contributed by atoms with Crippen molar-refractivity contribution in [2.45, 2.75) is 25.5 Å². The number of amides is 1. The predicted molar refractivity (Wildman–Crippen MR) is 90.6 cm³/mol. The second kappa shape index (κ2) is 7.04. The van der Waals surface area contributed by atoms with Gasteiger partial charge in [-0.25, -0.2) is 4.98 Å². The lowest BCUT2D eigenvalue weighted by atomic mass is 10.2. The fourth-order valence-corrected chi connectivity index (χ4v) is 4.00. The molecule has 0 saturated carbocycles. The molecule has 0 aliphatic carbocycles. The molecule has 6 nitrogen and oxygen atoms in total. The number of aromatic nitrogens is 1.